The van der Waals surface area contributed by atoms with Crippen molar-refractivity contribution in [2.24, 2.45) is 5.92 Å². The quantitative estimate of drug-likeness (QED) is 0.781. The Bertz CT molecular complexity index is 607. The number of alkyl halides is 4. The van der Waals surface area contributed by atoms with E-state index in [1.54, 1.807) is 4.90 Å². The number of rotatable bonds is 2. The van der Waals surface area contributed by atoms with Gasteiger partial charge in [-0.3, -0.25) is 4.40 Å². The molecule has 3 nitrogen and oxygen atoms in total. The Kier molecular flexibility index (Phi) is 3.58. The highest BCUT2D eigenvalue weighted by molar-refractivity contribution is 7.15. The normalized spacial score (nSPS) is 20.8. The van der Waals surface area contributed by atoms with Crippen molar-refractivity contribution in [2.45, 2.75) is 24.9 Å². The number of nitrogens with zero attached hydrogens (tertiary/aromatic N) is 3. The molecule has 1 atom stereocenters. The zero-order chi connectivity index (χ0) is 14.3. The van der Waals surface area contributed by atoms with Crippen molar-refractivity contribution in [2.75, 3.05) is 18.0 Å². The molecular formula is C12H13ClF3N3S. The summed E-state index contributed by atoms with van der Waals surface area (Å²) < 4.78 is 40.5. The summed E-state index contributed by atoms with van der Waals surface area (Å²) in [6.07, 6.45) is -1.58. The lowest BCUT2D eigenvalue weighted by Gasteiger charge is -2.34. The van der Waals surface area contributed by atoms with Gasteiger partial charge in [0.25, 0.3) is 0 Å². The number of hydrogen-bond acceptors (Lipinski definition) is 3. The fraction of sp³-hybridized carbons (Fsp3) is 0.583. The van der Waals surface area contributed by atoms with E-state index in [1.165, 1.54) is 11.3 Å². The van der Waals surface area contributed by atoms with Crippen LogP contribution in [-0.4, -0.2) is 28.7 Å². The number of imidazole rings is 1. The fourth-order valence-corrected chi connectivity index (χ4v) is 3.61. The van der Waals surface area contributed by atoms with Crippen LogP contribution in [0.25, 0.3) is 4.96 Å². The van der Waals surface area contributed by atoms with Crippen LogP contribution in [0.2, 0.25) is 0 Å². The number of halogens is 4. The molecule has 0 radical (unpaired) electrons. The van der Waals surface area contributed by atoms with E-state index < -0.39 is 12.1 Å². The van der Waals surface area contributed by atoms with Crippen LogP contribution in [-0.2, 0) is 5.88 Å². The molecule has 1 fully saturated rings. The third kappa shape index (κ3) is 2.37. The minimum absolute atomic E-state index is 0.0295. The van der Waals surface area contributed by atoms with Gasteiger partial charge < -0.3 is 4.90 Å². The summed E-state index contributed by atoms with van der Waals surface area (Å²) in [5.74, 6) is -0.444. The number of aromatic nitrogens is 2. The smallest absolute Gasteiger partial charge is 0.354 e. The number of fused-ring (bicyclic) bond motifs is 1. The standard InChI is InChI=1S/C12H13ClF3N3S/c13-6-9-10(17-11-19(9)4-5-20-11)18-3-1-2-8(7-18)12(14,15)16/h4-5,8H,1-3,6-7H2. The van der Waals surface area contributed by atoms with Gasteiger partial charge in [-0.05, 0) is 12.8 Å². The number of thiazole rings is 1. The van der Waals surface area contributed by atoms with E-state index in [0.717, 1.165) is 10.7 Å². The summed E-state index contributed by atoms with van der Waals surface area (Å²) in [5, 5.41) is 1.89. The molecular weight excluding hydrogens is 311 g/mol. The van der Waals surface area contributed by atoms with Gasteiger partial charge in [0, 0.05) is 24.7 Å². The van der Waals surface area contributed by atoms with Crippen molar-refractivity contribution in [1.29, 1.82) is 0 Å². The van der Waals surface area contributed by atoms with Gasteiger partial charge in [0.1, 0.15) is 0 Å². The molecule has 3 heterocycles. The van der Waals surface area contributed by atoms with E-state index in [4.69, 9.17) is 11.6 Å². The van der Waals surface area contributed by atoms with Gasteiger partial charge in [-0.25, -0.2) is 4.98 Å². The molecule has 1 saturated heterocycles. The van der Waals surface area contributed by atoms with Crippen LogP contribution in [0.5, 0.6) is 0 Å². The van der Waals surface area contributed by atoms with Crippen LogP contribution >= 0.6 is 22.9 Å². The van der Waals surface area contributed by atoms with Crippen molar-refractivity contribution >= 4 is 33.7 Å². The van der Waals surface area contributed by atoms with Gasteiger partial charge in [-0.15, -0.1) is 22.9 Å². The van der Waals surface area contributed by atoms with Gasteiger partial charge in [0.15, 0.2) is 10.8 Å². The van der Waals surface area contributed by atoms with Gasteiger partial charge in [0.05, 0.1) is 17.5 Å². The minimum Gasteiger partial charge on any atom is -0.354 e. The molecule has 0 spiro atoms. The first-order valence-corrected chi connectivity index (χ1v) is 7.74. The molecule has 20 heavy (non-hydrogen) atoms. The van der Waals surface area contributed by atoms with E-state index in [1.807, 2.05) is 16.0 Å². The van der Waals surface area contributed by atoms with Crippen molar-refractivity contribution in [1.82, 2.24) is 9.38 Å². The molecule has 0 aromatic carbocycles. The predicted octanol–water partition coefficient (Wildman–Crippen LogP) is 3.91. The molecule has 0 amide bonds. The highest BCUT2D eigenvalue weighted by Crippen LogP contribution is 2.36. The molecule has 1 aliphatic rings. The first-order valence-electron chi connectivity index (χ1n) is 6.32. The maximum Gasteiger partial charge on any atom is 0.393 e. The van der Waals surface area contributed by atoms with Crippen molar-refractivity contribution in [3.05, 3.63) is 17.3 Å². The van der Waals surface area contributed by atoms with E-state index in [-0.39, 0.29) is 18.8 Å². The van der Waals surface area contributed by atoms with Crippen molar-refractivity contribution in [3.8, 4) is 0 Å². The third-order valence-corrected chi connectivity index (χ3v) is 4.66. The van der Waals surface area contributed by atoms with Gasteiger partial charge in [-0.2, -0.15) is 13.2 Å². The molecule has 0 aliphatic carbocycles. The van der Waals surface area contributed by atoms with Crippen LogP contribution in [0, 0.1) is 5.92 Å². The third-order valence-electron chi connectivity index (χ3n) is 3.65. The van der Waals surface area contributed by atoms with Crippen LogP contribution in [0.15, 0.2) is 11.6 Å². The summed E-state index contributed by atoms with van der Waals surface area (Å²) in [5.41, 5.74) is 0.769. The Morgan fingerprint density at radius 1 is 1.45 bits per heavy atom. The largest absolute Gasteiger partial charge is 0.393 e. The first-order chi connectivity index (χ1) is 9.50. The molecule has 8 heteroatoms. The minimum atomic E-state index is -4.14. The maximum atomic E-state index is 12.9. The second-order valence-corrected chi connectivity index (χ2v) is 6.04. The van der Waals surface area contributed by atoms with Crippen LogP contribution < -0.4 is 4.90 Å². The zero-order valence-electron chi connectivity index (χ0n) is 10.5. The van der Waals surface area contributed by atoms with E-state index in [9.17, 15) is 13.2 Å². The lowest BCUT2D eigenvalue weighted by molar-refractivity contribution is -0.176. The summed E-state index contributed by atoms with van der Waals surface area (Å²) in [7, 11) is 0. The second kappa shape index (κ2) is 5.11. The molecule has 0 N–H and O–H groups in total. The Labute approximate surface area is 123 Å². The van der Waals surface area contributed by atoms with Crippen LogP contribution in [0.3, 0.4) is 0 Å². The SMILES string of the molecule is FC(F)(F)C1CCCN(c2nc3sccn3c2CCl)C1. The molecule has 2 aromatic rings. The van der Waals surface area contributed by atoms with Gasteiger partial charge in [0.2, 0.25) is 0 Å². The summed E-state index contributed by atoms with van der Waals surface area (Å²) >= 11 is 7.40. The Hall–Kier alpha value is -0.950. The highest BCUT2D eigenvalue weighted by Gasteiger charge is 2.42. The average Bonchev–Trinajstić information content (AvgIpc) is 2.97. The lowest BCUT2D eigenvalue weighted by atomic mass is 9.97. The fourth-order valence-electron chi connectivity index (χ4n) is 2.64. The van der Waals surface area contributed by atoms with Gasteiger partial charge >= 0.3 is 6.18 Å². The molecule has 2 aromatic heterocycles. The predicted molar refractivity (Wildman–Crippen MR) is 73.6 cm³/mol. The Balaban J connectivity index is 1.92. The van der Waals surface area contributed by atoms with Gasteiger partial charge in [-0.1, -0.05) is 0 Å². The molecule has 1 unspecified atom stereocenters. The lowest BCUT2D eigenvalue weighted by Crippen LogP contribution is -2.42. The number of anilines is 1. The highest BCUT2D eigenvalue weighted by atomic mass is 35.5. The summed E-state index contributed by atoms with van der Waals surface area (Å²) in [6, 6.07) is 0. The molecule has 3 rings (SSSR count). The summed E-state index contributed by atoms with van der Waals surface area (Å²) in [4.78, 5) is 6.93. The van der Waals surface area contributed by atoms with E-state index in [0.29, 0.717) is 18.8 Å². The Morgan fingerprint density at radius 2 is 2.25 bits per heavy atom. The van der Waals surface area contributed by atoms with Crippen LogP contribution in [0.4, 0.5) is 19.0 Å². The second-order valence-electron chi connectivity index (χ2n) is 4.90. The molecule has 1 aliphatic heterocycles. The molecule has 0 saturated carbocycles. The average molecular weight is 324 g/mol. The van der Waals surface area contributed by atoms with E-state index in [2.05, 4.69) is 4.98 Å². The monoisotopic (exact) mass is 323 g/mol. The van der Waals surface area contributed by atoms with Crippen molar-refractivity contribution in [3.63, 3.8) is 0 Å². The van der Waals surface area contributed by atoms with Crippen molar-refractivity contribution < 1.29 is 13.2 Å². The molecule has 110 valence electrons. The number of hydrogen-bond donors (Lipinski definition) is 0. The maximum absolute atomic E-state index is 12.9. The summed E-state index contributed by atoms with van der Waals surface area (Å²) in [6.45, 7) is 0.569. The first kappa shape index (κ1) is 14.0. The Morgan fingerprint density at radius 3 is 2.95 bits per heavy atom. The zero-order valence-corrected chi connectivity index (χ0v) is 12.1. The topological polar surface area (TPSA) is 20.5 Å². The van der Waals surface area contributed by atoms with Crippen LogP contribution in [0.1, 0.15) is 18.5 Å². The number of piperidine rings is 1. The molecule has 0 bridgehead atoms. The van der Waals surface area contributed by atoms with E-state index >= 15 is 0 Å².